The first kappa shape index (κ1) is 17.4. The molecule has 0 amide bonds. The minimum atomic E-state index is -0.733. The van der Waals surface area contributed by atoms with Gasteiger partial charge in [0.15, 0.2) is 20.9 Å². The molecule has 0 fully saturated rings. The number of ether oxygens (including phenoxy) is 3. The summed E-state index contributed by atoms with van der Waals surface area (Å²) in [4.78, 5) is 0. The standard InChI is InChI=1S/C15H13Cl2FIO3/c1-20-9-6-12(21-2)15(13(7-9)22-3)19-8-4-10(16)14(18)11(17)5-8/h4-7H,1-3H3/q+1. The summed E-state index contributed by atoms with van der Waals surface area (Å²) in [6.45, 7) is 0. The highest BCUT2D eigenvalue weighted by molar-refractivity contribution is 6.34. The monoisotopic (exact) mass is 457 g/mol. The van der Waals surface area contributed by atoms with Crippen LogP contribution in [0.5, 0.6) is 17.2 Å². The average Bonchev–Trinajstić information content (AvgIpc) is 2.52. The second-order valence-electron chi connectivity index (χ2n) is 4.12. The average molecular weight is 458 g/mol. The largest absolute Gasteiger partial charge is 0.496 e. The summed E-state index contributed by atoms with van der Waals surface area (Å²) in [6, 6.07) is 6.73. The Bertz CT molecular complexity index is 646. The minimum absolute atomic E-state index is 0.00800. The smallest absolute Gasteiger partial charge is 0.366 e. The molecule has 0 radical (unpaired) electrons. The number of rotatable bonds is 5. The van der Waals surface area contributed by atoms with E-state index in [1.165, 1.54) is 0 Å². The minimum Gasteiger partial charge on any atom is -0.496 e. The molecular weight excluding hydrogens is 445 g/mol. The van der Waals surface area contributed by atoms with Crippen LogP contribution in [0.15, 0.2) is 24.3 Å². The van der Waals surface area contributed by atoms with Gasteiger partial charge in [-0.25, -0.2) is 4.39 Å². The zero-order valence-electron chi connectivity index (χ0n) is 12.0. The molecule has 22 heavy (non-hydrogen) atoms. The molecule has 118 valence electrons. The first-order valence-electron chi connectivity index (χ1n) is 6.09. The molecule has 0 aliphatic rings. The van der Waals surface area contributed by atoms with Crippen molar-refractivity contribution >= 4 is 23.2 Å². The summed E-state index contributed by atoms with van der Waals surface area (Å²) in [7, 11) is 4.72. The van der Waals surface area contributed by atoms with Gasteiger partial charge in [-0.05, 0) is 0 Å². The van der Waals surface area contributed by atoms with E-state index in [1.54, 1.807) is 45.6 Å². The fourth-order valence-electron chi connectivity index (χ4n) is 1.74. The summed E-state index contributed by atoms with van der Waals surface area (Å²) >= 11 is 11.0. The number of hydrogen-bond donors (Lipinski definition) is 0. The van der Waals surface area contributed by atoms with E-state index in [2.05, 4.69) is 0 Å². The number of hydrogen-bond acceptors (Lipinski definition) is 3. The van der Waals surface area contributed by atoms with Gasteiger partial charge >= 0.3 is 21.2 Å². The summed E-state index contributed by atoms with van der Waals surface area (Å²) < 4.78 is 31.3. The summed E-state index contributed by atoms with van der Waals surface area (Å²) in [5.41, 5.74) is 0. The lowest BCUT2D eigenvalue weighted by molar-refractivity contribution is -0.598. The van der Waals surface area contributed by atoms with E-state index in [9.17, 15) is 4.39 Å². The molecule has 2 aromatic carbocycles. The second-order valence-corrected chi connectivity index (χ2v) is 7.80. The highest BCUT2D eigenvalue weighted by Gasteiger charge is 2.29. The summed E-state index contributed by atoms with van der Waals surface area (Å²) in [5.74, 6) is 1.34. The fourth-order valence-corrected chi connectivity index (χ4v) is 5.44. The molecule has 0 unspecified atom stereocenters. The van der Waals surface area contributed by atoms with Crippen LogP contribution in [0.1, 0.15) is 0 Å². The zero-order valence-corrected chi connectivity index (χ0v) is 15.7. The van der Waals surface area contributed by atoms with Crippen molar-refractivity contribution in [2.24, 2.45) is 0 Å². The van der Waals surface area contributed by atoms with Crippen LogP contribution in [0.4, 0.5) is 4.39 Å². The van der Waals surface area contributed by atoms with Crippen LogP contribution >= 0.6 is 23.2 Å². The second kappa shape index (κ2) is 7.57. The van der Waals surface area contributed by atoms with Crippen LogP contribution < -0.4 is 35.4 Å². The molecule has 0 bridgehead atoms. The third-order valence-corrected chi connectivity index (χ3v) is 6.21. The Balaban J connectivity index is 2.48. The SMILES string of the molecule is COc1cc(OC)c([I+]c2cc(Cl)c(F)c(Cl)c2)c(OC)c1. The highest BCUT2D eigenvalue weighted by Crippen LogP contribution is 2.28. The molecule has 3 nitrogen and oxygen atoms in total. The third-order valence-electron chi connectivity index (χ3n) is 2.81. The van der Waals surface area contributed by atoms with Crippen LogP contribution in [0.25, 0.3) is 0 Å². The molecule has 0 aliphatic carbocycles. The van der Waals surface area contributed by atoms with E-state index in [0.717, 1.165) is 7.14 Å². The normalized spacial score (nSPS) is 10.5. The van der Waals surface area contributed by atoms with E-state index in [0.29, 0.717) is 17.2 Å². The Hall–Kier alpha value is -0.920. The van der Waals surface area contributed by atoms with Crippen molar-refractivity contribution in [3.05, 3.63) is 47.3 Å². The molecule has 2 aromatic rings. The molecule has 0 saturated carbocycles. The van der Waals surface area contributed by atoms with Crippen molar-refractivity contribution in [3.63, 3.8) is 0 Å². The maximum Gasteiger partial charge on any atom is 0.366 e. The quantitative estimate of drug-likeness (QED) is 0.384. The van der Waals surface area contributed by atoms with E-state index in [-0.39, 0.29) is 10.0 Å². The van der Waals surface area contributed by atoms with Crippen LogP contribution in [0, 0.1) is 13.0 Å². The molecule has 0 aliphatic heterocycles. The Morgan fingerprint density at radius 2 is 1.36 bits per heavy atom. The molecule has 0 spiro atoms. The zero-order chi connectivity index (χ0) is 16.3. The molecule has 0 saturated heterocycles. The highest BCUT2D eigenvalue weighted by atomic mass is 127. The van der Waals surface area contributed by atoms with E-state index in [1.807, 2.05) is 0 Å². The molecule has 7 heteroatoms. The molecular formula is C15H13Cl2FIO3+. The van der Waals surface area contributed by atoms with Gasteiger partial charge in [0.2, 0.25) is 0 Å². The van der Waals surface area contributed by atoms with Gasteiger partial charge in [0, 0.05) is 24.3 Å². The van der Waals surface area contributed by atoms with Crippen molar-refractivity contribution in [2.45, 2.75) is 0 Å². The van der Waals surface area contributed by atoms with Crippen molar-refractivity contribution in [1.29, 1.82) is 0 Å². The summed E-state index contributed by atoms with van der Waals surface area (Å²) in [5, 5.41) is 0.0160. The maximum absolute atomic E-state index is 13.5. The van der Waals surface area contributed by atoms with Gasteiger partial charge in [0.25, 0.3) is 3.57 Å². The Morgan fingerprint density at radius 3 is 1.77 bits per heavy atom. The molecule has 0 heterocycles. The summed E-state index contributed by atoms with van der Waals surface area (Å²) in [6.07, 6.45) is 0. The van der Waals surface area contributed by atoms with Crippen molar-refractivity contribution in [1.82, 2.24) is 0 Å². The van der Waals surface area contributed by atoms with Crippen molar-refractivity contribution in [3.8, 4) is 17.2 Å². The lowest BCUT2D eigenvalue weighted by Gasteiger charge is -2.08. The van der Waals surface area contributed by atoms with E-state index in [4.69, 9.17) is 37.4 Å². The maximum atomic E-state index is 13.5. The van der Waals surface area contributed by atoms with Crippen LogP contribution in [0.3, 0.4) is 0 Å². The van der Waals surface area contributed by atoms with Gasteiger partial charge in [-0.15, -0.1) is 0 Å². The lowest BCUT2D eigenvalue weighted by atomic mass is 10.3. The number of halogens is 4. The lowest BCUT2D eigenvalue weighted by Crippen LogP contribution is -3.61. The third kappa shape index (κ3) is 3.70. The van der Waals surface area contributed by atoms with Crippen molar-refractivity contribution < 1.29 is 39.8 Å². The molecule has 2 rings (SSSR count). The van der Waals surface area contributed by atoms with Crippen LogP contribution in [-0.2, 0) is 0 Å². The molecule has 0 atom stereocenters. The fraction of sp³-hybridized carbons (Fsp3) is 0.200. The Labute approximate surface area is 148 Å². The number of methoxy groups -OCH3 is 3. The first-order valence-corrected chi connectivity index (χ1v) is 9.00. The first-order chi connectivity index (χ1) is 10.5. The van der Waals surface area contributed by atoms with Crippen LogP contribution in [-0.4, -0.2) is 21.3 Å². The topological polar surface area (TPSA) is 27.7 Å². The predicted octanol–water partition coefficient (Wildman–Crippen LogP) is 1.29. The Kier molecular flexibility index (Phi) is 6.00. The van der Waals surface area contributed by atoms with Gasteiger partial charge in [-0.2, -0.15) is 0 Å². The molecule has 0 N–H and O–H groups in total. The van der Waals surface area contributed by atoms with Crippen LogP contribution in [0.2, 0.25) is 10.0 Å². The van der Waals surface area contributed by atoms with E-state index >= 15 is 0 Å². The Morgan fingerprint density at radius 1 is 0.864 bits per heavy atom. The van der Waals surface area contributed by atoms with Gasteiger partial charge in [0.1, 0.15) is 5.75 Å². The van der Waals surface area contributed by atoms with Gasteiger partial charge < -0.3 is 14.2 Å². The van der Waals surface area contributed by atoms with Crippen molar-refractivity contribution in [2.75, 3.05) is 21.3 Å². The number of benzene rings is 2. The van der Waals surface area contributed by atoms with Gasteiger partial charge in [-0.1, -0.05) is 23.2 Å². The molecule has 0 aromatic heterocycles. The van der Waals surface area contributed by atoms with Gasteiger partial charge in [-0.3, -0.25) is 0 Å². The van der Waals surface area contributed by atoms with E-state index < -0.39 is 27.0 Å². The van der Waals surface area contributed by atoms with Gasteiger partial charge in [0.05, 0.1) is 31.4 Å². The predicted molar refractivity (Wildman–Crippen MR) is 79.9 cm³/mol.